The summed E-state index contributed by atoms with van der Waals surface area (Å²) in [4.78, 5) is 9.88. The summed E-state index contributed by atoms with van der Waals surface area (Å²) in [6.07, 6.45) is 2.44. The van der Waals surface area contributed by atoms with Gasteiger partial charge < -0.3 is 5.73 Å². The molecule has 8 heteroatoms. The van der Waals surface area contributed by atoms with Crippen LogP contribution in [0.15, 0.2) is 23.1 Å². The highest BCUT2D eigenvalue weighted by atomic mass is 32.2. The van der Waals surface area contributed by atoms with Crippen molar-refractivity contribution in [3.05, 3.63) is 28.3 Å². The van der Waals surface area contributed by atoms with Gasteiger partial charge in [-0.3, -0.25) is 10.1 Å². The summed E-state index contributed by atoms with van der Waals surface area (Å²) in [5.74, 6) is 0.457. The van der Waals surface area contributed by atoms with E-state index in [1.54, 1.807) is 0 Å². The van der Waals surface area contributed by atoms with Gasteiger partial charge in [0, 0.05) is 6.04 Å². The molecule has 0 radical (unpaired) electrons. The van der Waals surface area contributed by atoms with Crippen LogP contribution in [0.4, 0.5) is 11.4 Å². The van der Waals surface area contributed by atoms with Crippen LogP contribution >= 0.6 is 0 Å². The predicted octanol–water partition coefficient (Wildman–Crippen LogP) is 1.64. The maximum atomic E-state index is 12.3. The zero-order valence-corrected chi connectivity index (χ0v) is 11.9. The quantitative estimate of drug-likeness (QED) is 0.498. The van der Waals surface area contributed by atoms with Crippen molar-refractivity contribution in [2.75, 3.05) is 5.73 Å². The van der Waals surface area contributed by atoms with E-state index < -0.39 is 20.6 Å². The van der Waals surface area contributed by atoms with Crippen LogP contribution < -0.4 is 10.5 Å². The number of nitrogens with two attached hydrogens (primary N) is 1. The molecule has 0 saturated heterocycles. The molecule has 0 aliphatic heterocycles. The number of hydrogen-bond acceptors (Lipinski definition) is 5. The predicted molar refractivity (Wildman–Crippen MR) is 74.6 cm³/mol. The lowest BCUT2D eigenvalue weighted by molar-refractivity contribution is -0.386. The molecule has 2 unspecified atom stereocenters. The van der Waals surface area contributed by atoms with E-state index in [1.807, 2.05) is 0 Å². The molecule has 2 rings (SSSR count). The SMILES string of the molecule is CC1CCC(NS(=O)(=O)c2cccc(N)c2[N+](=O)[O-])C1. The number of rotatable bonds is 4. The number of anilines is 1. The number of nitrogens with one attached hydrogen (secondary N) is 1. The third-order valence-electron chi connectivity index (χ3n) is 3.52. The van der Waals surface area contributed by atoms with Gasteiger partial charge in [-0.05, 0) is 37.3 Å². The van der Waals surface area contributed by atoms with E-state index in [2.05, 4.69) is 11.6 Å². The van der Waals surface area contributed by atoms with Crippen molar-refractivity contribution in [2.45, 2.75) is 37.1 Å². The standard InChI is InChI=1S/C12H17N3O4S/c1-8-5-6-9(7-8)14-20(18,19)11-4-2-3-10(13)12(11)15(16)17/h2-4,8-9,14H,5-7,13H2,1H3. The number of nitro benzene ring substituents is 1. The maximum Gasteiger partial charge on any atom is 0.312 e. The molecule has 0 amide bonds. The van der Waals surface area contributed by atoms with Crippen LogP contribution in [0.5, 0.6) is 0 Å². The molecular weight excluding hydrogens is 282 g/mol. The van der Waals surface area contributed by atoms with Gasteiger partial charge in [-0.2, -0.15) is 0 Å². The van der Waals surface area contributed by atoms with E-state index in [4.69, 9.17) is 5.73 Å². The van der Waals surface area contributed by atoms with Crippen molar-refractivity contribution in [1.82, 2.24) is 4.72 Å². The summed E-state index contributed by atoms with van der Waals surface area (Å²) < 4.78 is 27.1. The van der Waals surface area contributed by atoms with Gasteiger partial charge in [0.2, 0.25) is 10.0 Å². The summed E-state index contributed by atoms with van der Waals surface area (Å²) >= 11 is 0. The molecule has 0 spiro atoms. The minimum Gasteiger partial charge on any atom is -0.393 e. The van der Waals surface area contributed by atoms with Crippen molar-refractivity contribution < 1.29 is 13.3 Å². The first kappa shape index (κ1) is 14.7. The second-order valence-corrected chi connectivity index (χ2v) is 6.87. The molecule has 1 aromatic carbocycles. The third kappa shape index (κ3) is 2.91. The molecule has 1 aromatic rings. The molecular formula is C12H17N3O4S. The van der Waals surface area contributed by atoms with Gasteiger partial charge in [-0.15, -0.1) is 0 Å². The van der Waals surface area contributed by atoms with Crippen LogP contribution in [-0.4, -0.2) is 19.4 Å². The Morgan fingerprint density at radius 1 is 1.40 bits per heavy atom. The molecule has 0 heterocycles. The molecule has 1 aliphatic carbocycles. The Bertz CT molecular complexity index is 630. The Morgan fingerprint density at radius 3 is 2.65 bits per heavy atom. The second-order valence-electron chi connectivity index (χ2n) is 5.19. The number of sulfonamides is 1. The number of nitrogens with zero attached hydrogens (tertiary/aromatic N) is 1. The van der Waals surface area contributed by atoms with E-state index in [0.29, 0.717) is 5.92 Å². The number of nitrogen functional groups attached to an aromatic ring is 1. The van der Waals surface area contributed by atoms with Crippen molar-refractivity contribution in [3.63, 3.8) is 0 Å². The molecule has 0 aromatic heterocycles. The average Bonchev–Trinajstić information content (AvgIpc) is 2.73. The smallest absolute Gasteiger partial charge is 0.312 e. The molecule has 2 atom stereocenters. The molecule has 1 aliphatic rings. The van der Waals surface area contributed by atoms with E-state index in [0.717, 1.165) is 19.3 Å². The first-order valence-electron chi connectivity index (χ1n) is 6.36. The highest BCUT2D eigenvalue weighted by Gasteiger charge is 2.32. The molecule has 1 saturated carbocycles. The number of hydrogen-bond donors (Lipinski definition) is 2. The van der Waals surface area contributed by atoms with Crippen LogP contribution in [0.3, 0.4) is 0 Å². The van der Waals surface area contributed by atoms with Gasteiger partial charge >= 0.3 is 5.69 Å². The van der Waals surface area contributed by atoms with E-state index in [9.17, 15) is 18.5 Å². The number of benzene rings is 1. The lowest BCUT2D eigenvalue weighted by Gasteiger charge is -2.13. The molecule has 3 N–H and O–H groups in total. The Balaban J connectivity index is 2.35. The van der Waals surface area contributed by atoms with E-state index >= 15 is 0 Å². The van der Waals surface area contributed by atoms with Crippen molar-refractivity contribution in [2.24, 2.45) is 5.92 Å². The topological polar surface area (TPSA) is 115 Å². The van der Waals surface area contributed by atoms with Crippen molar-refractivity contribution in [3.8, 4) is 0 Å². The van der Waals surface area contributed by atoms with Gasteiger partial charge in [0.1, 0.15) is 5.69 Å². The van der Waals surface area contributed by atoms with E-state index in [-0.39, 0.29) is 16.6 Å². The van der Waals surface area contributed by atoms with E-state index in [1.165, 1.54) is 18.2 Å². The second kappa shape index (κ2) is 5.37. The van der Waals surface area contributed by atoms with Gasteiger partial charge in [-0.25, -0.2) is 13.1 Å². The fourth-order valence-corrected chi connectivity index (χ4v) is 4.03. The molecule has 110 valence electrons. The summed E-state index contributed by atoms with van der Waals surface area (Å²) in [6.45, 7) is 2.05. The molecule has 0 bridgehead atoms. The lowest BCUT2D eigenvalue weighted by atomic mass is 10.1. The molecule has 7 nitrogen and oxygen atoms in total. The Hall–Kier alpha value is -1.67. The minimum absolute atomic E-state index is 0.155. The van der Waals surface area contributed by atoms with Gasteiger partial charge in [-0.1, -0.05) is 13.0 Å². The van der Waals surface area contributed by atoms with Crippen LogP contribution in [0.2, 0.25) is 0 Å². The Labute approximate surface area is 117 Å². The Kier molecular flexibility index (Phi) is 3.96. The minimum atomic E-state index is -3.94. The fraction of sp³-hybridized carbons (Fsp3) is 0.500. The van der Waals surface area contributed by atoms with Crippen LogP contribution in [0.25, 0.3) is 0 Å². The first-order chi connectivity index (χ1) is 9.31. The zero-order valence-electron chi connectivity index (χ0n) is 11.1. The van der Waals surface area contributed by atoms with Crippen LogP contribution in [-0.2, 0) is 10.0 Å². The first-order valence-corrected chi connectivity index (χ1v) is 7.85. The average molecular weight is 299 g/mol. The van der Waals surface area contributed by atoms with Crippen molar-refractivity contribution >= 4 is 21.4 Å². The van der Waals surface area contributed by atoms with Crippen LogP contribution in [0, 0.1) is 16.0 Å². The highest BCUT2D eigenvalue weighted by Crippen LogP contribution is 2.31. The number of para-hydroxylation sites is 1. The summed E-state index contributed by atoms with van der Waals surface area (Å²) in [5, 5.41) is 11.0. The molecule has 1 fully saturated rings. The third-order valence-corrected chi connectivity index (χ3v) is 5.07. The summed E-state index contributed by atoms with van der Waals surface area (Å²) in [7, 11) is -3.94. The van der Waals surface area contributed by atoms with Gasteiger partial charge in [0.25, 0.3) is 0 Å². The van der Waals surface area contributed by atoms with Crippen LogP contribution in [0.1, 0.15) is 26.2 Å². The maximum absolute atomic E-state index is 12.3. The normalized spacial score (nSPS) is 22.9. The summed E-state index contributed by atoms with van der Waals surface area (Å²) in [6, 6.07) is 3.74. The highest BCUT2D eigenvalue weighted by molar-refractivity contribution is 7.89. The monoisotopic (exact) mass is 299 g/mol. The lowest BCUT2D eigenvalue weighted by Crippen LogP contribution is -2.33. The molecule has 20 heavy (non-hydrogen) atoms. The number of nitro groups is 1. The zero-order chi connectivity index (χ0) is 14.9. The largest absolute Gasteiger partial charge is 0.393 e. The van der Waals surface area contributed by atoms with Gasteiger partial charge in [0.15, 0.2) is 4.90 Å². The van der Waals surface area contributed by atoms with Gasteiger partial charge in [0.05, 0.1) is 4.92 Å². The van der Waals surface area contributed by atoms with Crippen molar-refractivity contribution in [1.29, 1.82) is 0 Å². The Morgan fingerprint density at radius 2 is 2.10 bits per heavy atom. The fourth-order valence-electron chi connectivity index (χ4n) is 2.55. The summed E-state index contributed by atoms with van der Waals surface area (Å²) in [5.41, 5.74) is 4.80.